The van der Waals surface area contributed by atoms with Crippen molar-refractivity contribution < 1.29 is 13.9 Å². The largest absolute Gasteiger partial charge is 0.397 e. The van der Waals surface area contributed by atoms with Gasteiger partial charge in [0.1, 0.15) is 17.6 Å². The minimum Gasteiger partial charge on any atom is -0.397 e. The van der Waals surface area contributed by atoms with Crippen LogP contribution in [0, 0.1) is 5.82 Å². The van der Waals surface area contributed by atoms with Crippen molar-refractivity contribution in [2.24, 2.45) is 0 Å². The van der Waals surface area contributed by atoms with E-state index >= 15 is 0 Å². The van der Waals surface area contributed by atoms with Crippen LogP contribution in [0.15, 0.2) is 18.2 Å². The summed E-state index contributed by atoms with van der Waals surface area (Å²) in [6, 6.07) is 4.29. The van der Waals surface area contributed by atoms with E-state index in [0.29, 0.717) is 6.42 Å². The minimum absolute atomic E-state index is 0.0284. The Bertz CT molecular complexity index is 416. The van der Waals surface area contributed by atoms with E-state index in [9.17, 15) is 9.18 Å². The fourth-order valence-corrected chi connectivity index (χ4v) is 1.87. The van der Waals surface area contributed by atoms with Crippen molar-refractivity contribution in [3.05, 3.63) is 24.0 Å². The summed E-state index contributed by atoms with van der Waals surface area (Å²) in [5.41, 5.74) is 5.84. The Balaban J connectivity index is 2.08. The van der Waals surface area contributed by atoms with Gasteiger partial charge in [0, 0.05) is 0 Å². The SMILES string of the molecule is CC1CCC(C(=O)Nc2c(N)cccc2F)O1. The van der Waals surface area contributed by atoms with Crippen LogP contribution in [-0.4, -0.2) is 18.1 Å². The molecule has 2 unspecified atom stereocenters. The molecule has 1 aliphatic rings. The van der Waals surface area contributed by atoms with Crippen molar-refractivity contribution >= 4 is 17.3 Å². The first-order valence-corrected chi connectivity index (χ1v) is 5.58. The van der Waals surface area contributed by atoms with Gasteiger partial charge in [-0.1, -0.05) is 6.07 Å². The highest BCUT2D eigenvalue weighted by Gasteiger charge is 2.28. The Morgan fingerprint density at radius 2 is 2.29 bits per heavy atom. The molecule has 1 saturated heterocycles. The van der Waals surface area contributed by atoms with Gasteiger partial charge in [-0.15, -0.1) is 0 Å². The summed E-state index contributed by atoms with van der Waals surface area (Å²) in [6.45, 7) is 1.91. The lowest BCUT2D eigenvalue weighted by Gasteiger charge is -2.13. The van der Waals surface area contributed by atoms with Crippen LogP contribution in [0.4, 0.5) is 15.8 Å². The molecular formula is C12H15FN2O2. The van der Waals surface area contributed by atoms with Gasteiger partial charge in [-0.3, -0.25) is 4.79 Å². The van der Waals surface area contributed by atoms with Crippen molar-refractivity contribution in [2.45, 2.75) is 32.0 Å². The monoisotopic (exact) mass is 238 g/mol. The van der Waals surface area contributed by atoms with E-state index in [1.54, 1.807) is 0 Å². The molecule has 4 nitrogen and oxygen atoms in total. The van der Waals surface area contributed by atoms with Crippen molar-refractivity contribution in [1.82, 2.24) is 0 Å². The maximum absolute atomic E-state index is 13.4. The molecule has 2 rings (SSSR count). The van der Waals surface area contributed by atoms with Crippen LogP contribution in [-0.2, 0) is 9.53 Å². The van der Waals surface area contributed by atoms with E-state index in [4.69, 9.17) is 10.5 Å². The minimum atomic E-state index is -0.538. The molecule has 0 bridgehead atoms. The normalized spacial score (nSPS) is 23.6. The standard InChI is InChI=1S/C12H15FN2O2/c1-7-5-6-10(17-7)12(16)15-11-8(13)3-2-4-9(11)14/h2-4,7,10H,5-6,14H2,1H3,(H,15,16). The number of anilines is 2. The van der Waals surface area contributed by atoms with Gasteiger partial charge in [0.05, 0.1) is 11.8 Å². The number of hydrogen-bond acceptors (Lipinski definition) is 3. The maximum Gasteiger partial charge on any atom is 0.253 e. The molecule has 17 heavy (non-hydrogen) atoms. The molecule has 1 aliphatic heterocycles. The number of benzene rings is 1. The second kappa shape index (κ2) is 4.71. The van der Waals surface area contributed by atoms with Gasteiger partial charge in [0.15, 0.2) is 0 Å². The molecular weight excluding hydrogens is 223 g/mol. The molecule has 0 saturated carbocycles. The fraction of sp³-hybridized carbons (Fsp3) is 0.417. The molecule has 0 aliphatic carbocycles. The van der Waals surface area contributed by atoms with E-state index < -0.39 is 11.9 Å². The lowest BCUT2D eigenvalue weighted by molar-refractivity contribution is -0.126. The molecule has 1 aromatic rings. The zero-order valence-corrected chi connectivity index (χ0v) is 9.57. The second-order valence-electron chi connectivity index (χ2n) is 4.21. The highest BCUT2D eigenvalue weighted by atomic mass is 19.1. The van der Waals surface area contributed by atoms with Gasteiger partial charge in [-0.25, -0.2) is 4.39 Å². The van der Waals surface area contributed by atoms with Crippen LogP contribution >= 0.6 is 0 Å². The average molecular weight is 238 g/mol. The predicted octanol–water partition coefficient (Wildman–Crippen LogP) is 1.91. The summed E-state index contributed by atoms with van der Waals surface area (Å²) in [6.07, 6.45) is 1.05. The smallest absolute Gasteiger partial charge is 0.253 e. The lowest BCUT2D eigenvalue weighted by Crippen LogP contribution is -2.28. The molecule has 2 atom stereocenters. The van der Waals surface area contributed by atoms with E-state index in [2.05, 4.69) is 5.32 Å². The Morgan fingerprint density at radius 3 is 2.88 bits per heavy atom. The first kappa shape index (κ1) is 11.9. The van der Waals surface area contributed by atoms with Gasteiger partial charge >= 0.3 is 0 Å². The third-order valence-electron chi connectivity index (χ3n) is 2.82. The van der Waals surface area contributed by atoms with Crippen LogP contribution < -0.4 is 11.1 Å². The Labute approximate surface area is 98.9 Å². The number of carbonyl (C=O) groups is 1. The Kier molecular flexibility index (Phi) is 3.28. The van der Waals surface area contributed by atoms with Crippen LogP contribution in [0.25, 0.3) is 0 Å². The number of rotatable bonds is 2. The van der Waals surface area contributed by atoms with Gasteiger partial charge in [-0.05, 0) is 31.9 Å². The maximum atomic E-state index is 13.4. The van der Waals surface area contributed by atoms with Crippen LogP contribution in [0.3, 0.4) is 0 Å². The number of carbonyl (C=O) groups excluding carboxylic acids is 1. The van der Waals surface area contributed by atoms with Gasteiger partial charge in [-0.2, -0.15) is 0 Å². The highest BCUT2D eigenvalue weighted by Crippen LogP contribution is 2.24. The molecule has 1 heterocycles. The number of hydrogen-bond donors (Lipinski definition) is 2. The molecule has 92 valence electrons. The van der Waals surface area contributed by atoms with E-state index in [-0.39, 0.29) is 23.4 Å². The van der Waals surface area contributed by atoms with Gasteiger partial charge in [0.25, 0.3) is 5.91 Å². The fourth-order valence-electron chi connectivity index (χ4n) is 1.87. The quantitative estimate of drug-likeness (QED) is 0.773. The highest BCUT2D eigenvalue weighted by molar-refractivity contribution is 5.97. The van der Waals surface area contributed by atoms with E-state index in [1.807, 2.05) is 6.92 Å². The molecule has 1 amide bonds. The topological polar surface area (TPSA) is 64.4 Å². The van der Waals surface area contributed by atoms with Crippen LogP contribution in [0.5, 0.6) is 0 Å². The molecule has 5 heteroatoms. The van der Waals surface area contributed by atoms with E-state index in [0.717, 1.165) is 6.42 Å². The van der Waals surface area contributed by atoms with Crippen molar-refractivity contribution in [3.8, 4) is 0 Å². The van der Waals surface area contributed by atoms with Gasteiger partial charge < -0.3 is 15.8 Å². The van der Waals surface area contributed by atoms with Crippen LogP contribution in [0.1, 0.15) is 19.8 Å². The first-order valence-electron chi connectivity index (χ1n) is 5.58. The Morgan fingerprint density at radius 1 is 1.53 bits per heavy atom. The number of para-hydroxylation sites is 1. The average Bonchev–Trinajstić information content (AvgIpc) is 2.70. The summed E-state index contributed by atoms with van der Waals surface area (Å²) in [5.74, 6) is -0.879. The summed E-state index contributed by atoms with van der Waals surface area (Å²) in [7, 11) is 0. The summed E-state index contributed by atoms with van der Waals surface area (Å²) < 4.78 is 18.8. The van der Waals surface area contributed by atoms with Gasteiger partial charge in [0.2, 0.25) is 0 Å². The zero-order chi connectivity index (χ0) is 12.4. The number of nitrogens with one attached hydrogen (secondary N) is 1. The number of halogens is 1. The number of ether oxygens (including phenoxy) is 1. The number of amides is 1. The summed E-state index contributed by atoms with van der Waals surface area (Å²) in [4.78, 5) is 11.8. The molecule has 0 radical (unpaired) electrons. The number of nitrogens with two attached hydrogens (primary N) is 1. The van der Waals surface area contributed by atoms with Crippen molar-refractivity contribution in [2.75, 3.05) is 11.1 Å². The van der Waals surface area contributed by atoms with Crippen molar-refractivity contribution in [3.63, 3.8) is 0 Å². The first-order chi connectivity index (χ1) is 8.08. The lowest BCUT2D eigenvalue weighted by atomic mass is 10.2. The Hall–Kier alpha value is -1.62. The molecule has 1 fully saturated rings. The molecule has 3 N–H and O–H groups in total. The molecule has 0 spiro atoms. The van der Waals surface area contributed by atoms with Crippen molar-refractivity contribution in [1.29, 1.82) is 0 Å². The predicted molar refractivity (Wildman–Crippen MR) is 63.0 cm³/mol. The second-order valence-corrected chi connectivity index (χ2v) is 4.21. The van der Waals surface area contributed by atoms with Crippen LogP contribution in [0.2, 0.25) is 0 Å². The third-order valence-corrected chi connectivity index (χ3v) is 2.82. The molecule has 0 aromatic heterocycles. The number of nitrogen functional groups attached to an aromatic ring is 1. The third kappa shape index (κ3) is 2.55. The molecule has 1 aromatic carbocycles. The summed E-state index contributed by atoms with van der Waals surface area (Å²) in [5, 5.41) is 2.48. The summed E-state index contributed by atoms with van der Waals surface area (Å²) >= 11 is 0. The van der Waals surface area contributed by atoms with E-state index in [1.165, 1.54) is 18.2 Å². The zero-order valence-electron chi connectivity index (χ0n) is 9.57.